The van der Waals surface area contributed by atoms with Crippen LogP contribution in [0.4, 0.5) is 4.39 Å². The normalized spacial score (nSPS) is 11.2. The molecular weight excluding hydrogens is 245 g/mol. The van der Waals surface area contributed by atoms with Gasteiger partial charge in [0.05, 0.1) is 6.54 Å². The van der Waals surface area contributed by atoms with E-state index in [0.717, 1.165) is 5.56 Å². The van der Waals surface area contributed by atoms with Gasteiger partial charge < -0.3 is 5.73 Å². The lowest BCUT2D eigenvalue weighted by Crippen LogP contribution is -2.25. The van der Waals surface area contributed by atoms with Crippen molar-refractivity contribution in [3.63, 3.8) is 0 Å². The van der Waals surface area contributed by atoms with Crippen molar-refractivity contribution in [3.8, 4) is 0 Å². The minimum Gasteiger partial charge on any atom is -0.326 e. The molecule has 0 spiro atoms. The van der Waals surface area contributed by atoms with Crippen LogP contribution < -0.4 is 11.4 Å². The Balaban J connectivity index is 2.29. The topological polar surface area (TPSA) is 52.9 Å². The van der Waals surface area contributed by atoms with Crippen LogP contribution in [0.15, 0.2) is 35.4 Å². The zero-order valence-corrected chi connectivity index (χ0v) is 11.1. The van der Waals surface area contributed by atoms with Crippen molar-refractivity contribution in [2.75, 3.05) is 0 Å². The molecule has 0 aliphatic rings. The predicted molar refractivity (Wildman–Crippen MR) is 72.5 cm³/mol. The zero-order valence-electron chi connectivity index (χ0n) is 11.1. The van der Waals surface area contributed by atoms with E-state index in [0.29, 0.717) is 12.1 Å². The third-order valence-corrected chi connectivity index (χ3v) is 3.11. The van der Waals surface area contributed by atoms with Gasteiger partial charge in [0.2, 0.25) is 0 Å². The summed E-state index contributed by atoms with van der Waals surface area (Å²) in [4.78, 5) is 12.1. The van der Waals surface area contributed by atoms with Crippen molar-refractivity contribution in [3.05, 3.63) is 58.0 Å². The van der Waals surface area contributed by atoms with E-state index in [4.69, 9.17) is 5.73 Å². The summed E-state index contributed by atoms with van der Waals surface area (Å²) in [5, 5.41) is 0. The van der Waals surface area contributed by atoms with Crippen molar-refractivity contribution in [1.82, 2.24) is 9.13 Å². The quantitative estimate of drug-likeness (QED) is 0.915. The van der Waals surface area contributed by atoms with E-state index >= 15 is 0 Å². The fourth-order valence-electron chi connectivity index (χ4n) is 2.02. The molecule has 0 aliphatic heterocycles. The van der Waals surface area contributed by atoms with Gasteiger partial charge in [-0.05, 0) is 31.5 Å². The highest BCUT2D eigenvalue weighted by Crippen LogP contribution is 2.11. The Bertz CT molecular complexity index is 628. The molecule has 0 unspecified atom stereocenters. The van der Waals surface area contributed by atoms with Crippen LogP contribution in [0.3, 0.4) is 0 Å². The van der Waals surface area contributed by atoms with Crippen LogP contribution in [0.2, 0.25) is 0 Å². The summed E-state index contributed by atoms with van der Waals surface area (Å²) >= 11 is 0. The van der Waals surface area contributed by atoms with Gasteiger partial charge in [-0.1, -0.05) is 6.07 Å². The second-order valence-electron chi connectivity index (χ2n) is 4.84. The second kappa shape index (κ2) is 5.40. The Kier molecular flexibility index (Phi) is 3.85. The Morgan fingerprint density at radius 3 is 2.63 bits per heavy atom. The maximum atomic E-state index is 13.3. The van der Waals surface area contributed by atoms with E-state index in [1.165, 1.54) is 6.07 Å². The first kappa shape index (κ1) is 13.5. The highest BCUT2D eigenvalue weighted by molar-refractivity contribution is 5.25. The first-order chi connectivity index (χ1) is 9.02. The van der Waals surface area contributed by atoms with Gasteiger partial charge in [0.15, 0.2) is 0 Å². The van der Waals surface area contributed by atoms with Gasteiger partial charge in [0.1, 0.15) is 5.82 Å². The number of halogens is 1. The molecule has 19 heavy (non-hydrogen) atoms. The van der Waals surface area contributed by atoms with Crippen molar-refractivity contribution in [2.24, 2.45) is 5.73 Å². The third kappa shape index (κ3) is 2.76. The molecule has 0 radical (unpaired) electrons. The summed E-state index contributed by atoms with van der Waals surface area (Å²) in [6, 6.07) is 4.89. The summed E-state index contributed by atoms with van der Waals surface area (Å²) in [5.74, 6) is -0.307. The molecule has 0 bridgehead atoms. The van der Waals surface area contributed by atoms with Crippen molar-refractivity contribution < 1.29 is 4.39 Å². The molecule has 1 aromatic carbocycles. The SMILES string of the molecule is CC(C)n1ccn(Cc2ccc(F)c(CN)c2)c1=O. The van der Waals surface area contributed by atoms with Crippen LogP contribution in [-0.2, 0) is 13.1 Å². The molecule has 2 N–H and O–H groups in total. The molecule has 0 saturated heterocycles. The Morgan fingerprint density at radius 2 is 2.05 bits per heavy atom. The first-order valence-electron chi connectivity index (χ1n) is 6.27. The molecule has 5 heteroatoms. The van der Waals surface area contributed by atoms with Gasteiger partial charge in [-0.2, -0.15) is 0 Å². The smallest absolute Gasteiger partial charge is 0.326 e. The van der Waals surface area contributed by atoms with Gasteiger partial charge in [-0.15, -0.1) is 0 Å². The average Bonchev–Trinajstić information content (AvgIpc) is 2.73. The largest absolute Gasteiger partial charge is 0.328 e. The van der Waals surface area contributed by atoms with Gasteiger partial charge in [0, 0.05) is 30.5 Å². The molecule has 0 aliphatic carbocycles. The Labute approximate surface area is 111 Å². The number of hydrogen-bond acceptors (Lipinski definition) is 2. The van der Waals surface area contributed by atoms with Gasteiger partial charge in [-0.3, -0.25) is 9.13 Å². The van der Waals surface area contributed by atoms with E-state index in [2.05, 4.69) is 0 Å². The number of aromatic nitrogens is 2. The summed E-state index contributed by atoms with van der Waals surface area (Å²) in [5.41, 5.74) is 6.75. The third-order valence-electron chi connectivity index (χ3n) is 3.11. The highest BCUT2D eigenvalue weighted by Gasteiger charge is 2.08. The van der Waals surface area contributed by atoms with E-state index < -0.39 is 0 Å². The number of hydrogen-bond donors (Lipinski definition) is 1. The number of rotatable bonds is 4. The van der Waals surface area contributed by atoms with Crippen LogP contribution in [0.5, 0.6) is 0 Å². The number of nitrogens with zero attached hydrogens (tertiary/aromatic N) is 2. The summed E-state index contributed by atoms with van der Waals surface area (Å²) in [6.45, 7) is 4.49. The predicted octanol–water partition coefficient (Wildman–Crippen LogP) is 1.88. The lowest BCUT2D eigenvalue weighted by molar-refractivity contribution is 0.560. The molecule has 102 valence electrons. The monoisotopic (exact) mass is 263 g/mol. The fraction of sp³-hybridized carbons (Fsp3) is 0.357. The molecule has 0 saturated carbocycles. The standard InChI is InChI=1S/C14H18FN3O/c1-10(2)18-6-5-17(14(18)19)9-11-3-4-13(15)12(7-11)8-16/h3-7,10H,8-9,16H2,1-2H3. The van der Waals surface area contributed by atoms with E-state index in [1.807, 2.05) is 13.8 Å². The Morgan fingerprint density at radius 1 is 1.32 bits per heavy atom. The number of nitrogens with two attached hydrogens (primary N) is 1. The molecule has 2 rings (SSSR count). The second-order valence-corrected chi connectivity index (χ2v) is 4.84. The number of benzene rings is 1. The average molecular weight is 263 g/mol. The van der Waals surface area contributed by atoms with Crippen LogP contribution in [0, 0.1) is 5.82 Å². The van der Waals surface area contributed by atoms with E-state index in [9.17, 15) is 9.18 Å². The molecule has 0 fully saturated rings. The van der Waals surface area contributed by atoms with Gasteiger partial charge in [-0.25, -0.2) is 9.18 Å². The zero-order chi connectivity index (χ0) is 14.0. The minimum absolute atomic E-state index is 0.0615. The maximum absolute atomic E-state index is 13.3. The van der Waals surface area contributed by atoms with Crippen LogP contribution in [-0.4, -0.2) is 9.13 Å². The van der Waals surface area contributed by atoms with Crippen molar-refractivity contribution in [2.45, 2.75) is 33.0 Å². The lowest BCUT2D eigenvalue weighted by atomic mass is 10.1. The van der Waals surface area contributed by atoms with E-state index in [1.54, 1.807) is 33.7 Å². The number of imidazole rings is 1. The van der Waals surface area contributed by atoms with Crippen molar-refractivity contribution in [1.29, 1.82) is 0 Å². The molecule has 0 atom stereocenters. The van der Waals surface area contributed by atoms with Gasteiger partial charge in [0.25, 0.3) is 0 Å². The van der Waals surface area contributed by atoms with Crippen LogP contribution in [0.25, 0.3) is 0 Å². The van der Waals surface area contributed by atoms with E-state index in [-0.39, 0.29) is 24.1 Å². The Hall–Kier alpha value is -1.88. The minimum atomic E-state index is -0.307. The van der Waals surface area contributed by atoms with Crippen LogP contribution in [0.1, 0.15) is 31.0 Å². The summed E-state index contributed by atoms with van der Waals surface area (Å²) in [7, 11) is 0. The molecule has 0 amide bonds. The van der Waals surface area contributed by atoms with Crippen molar-refractivity contribution >= 4 is 0 Å². The molecule has 4 nitrogen and oxygen atoms in total. The molecule has 1 heterocycles. The summed E-state index contributed by atoms with van der Waals surface area (Å²) < 4.78 is 16.6. The van der Waals surface area contributed by atoms with Crippen LogP contribution >= 0.6 is 0 Å². The first-order valence-corrected chi connectivity index (χ1v) is 6.27. The highest BCUT2D eigenvalue weighted by atomic mass is 19.1. The maximum Gasteiger partial charge on any atom is 0.328 e. The summed E-state index contributed by atoms with van der Waals surface area (Å²) in [6.07, 6.45) is 3.51. The molecule has 1 aromatic heterocycles. The lowest BCUT2D eigenvalue weighted by Gasteiger charge is -2.07. The molecular formula is C14H18FN3O. The van der Waals surface area contributed by atoms with Gasteiger partial charge >= 0.3 is 5.69 Å². The molecule has 2 aromatic rings. The fourth-order valence-corrected chi connectivity index (χ4v) is 2.02.